The average molecular weight is 457 g/mol. The number of aliphatic imine (C=N–C) groups is 1. The van der Waals surface area contributed by atoms with Crippen molar-refractivity contribution in [1.29, 1.82) is 0 Å². The molecule has 0 saturated heterocycles. The fourth-order valence-corrected chi connectivity index (χ4v) is 3.48. The Bertz CT molecular complexity index is 669. The van der Waals surface area contributed by atoms with Gasteiger partial charge in [0.25, 0.3) is 0 Å². The van der Waals surface area contributed by atoms with Crippen LogP contribution in [0.3, 0.4) is 0 Å². The largest absolute Gasteiger partial charge is 0.496 e. The first-order valence-corrected chi connectivity index (χ1v) is 8.76. The Labute approximate surface area is 164 Å². The van der Waals surface area contributed by atoms with Gasteiger partial charge in [-0.25, -0.2) is 0 Å². The predicted octanol–water partition coefficient (Wildman–Crippen LogP) is 3.77. The van der Waals surface area contributed by atoms with Crippen LogP contribution in [0.5, 0.6) is 5.75 Å². The predicted molar refractivity (Wildman–Crippen MR) is 112 cm³/mol. The molecule has 1 aliphatic rings. The van der Waals surface area contributed by atoms with E-state index in [1.165, 1.54) is 23.3 Å². The Morgan fingerprint density at radius 1 is 1.21 bits per heavy atom. The topological polar surface area (TPSA) is 45.7 Å². The molecule has 2 aromatic rings. The average Bonchev–Trinajstić information content (AvgIpc) is 3.20. The van der Waals surface area contributed by atoms with Crippen LogP contribution in [-0.4, -0.2) is 26.7 Å². The molecule has 4 nitrogen and oxygen atoms in total. The molecule has 1 fully saturated rings. The van der Waals surface area contributed by atoms with Crippen LogP contribution < -0.4 is 15.4 Å². The highest BCUT2D eigenvalue weighted by Gasteiger charge is 2.46. The van der Waals surface area contributed by atoms with Crippen molar-refractivity contribution in [1.82, 2.24) is 10.6 Å². The third-order valence-electron chi connectivity index (χ3n) is 4.36. The van der Waals surface area contributed by atoms with Gasteiger partial charge < -0.3 is 15.4 Å². The van der Waals surface area contributed by atoms with E-state index in [0.29, 0.717) is 0 Å². The summed E-state index contributed by atoms with van der Waals surface area (Å²) in [5.74, 6) is 1.83. The molecular formula is C18H24IN3OS. The number of hydrogen-bond donors (Lipinski definition) is 2. The van der Waals surface area contributed by atoms with Gasteiger partial charge in [-0.05, 0) is 30.4 Å². The van der Waals surface area contributed by atoms with Gasteiger partial charge >= 0.3 is 0 Å². The zero-order valence-electron chi connectivity index (χ0n) is 14.0. The maximum absolute atomic E-state index is 5.53. The summed E-state index contributed by atoms with van der Waals surface area (Å²) in [7, 11) is 3.55. The maximum Gasteiger partial charge on any atom is 0.191 e. The summed E-state index contributed by atoms with van der Waals surface area (Å²) in [5.41, 5.74) is 1.47. The van der Waals surface area contributed by atoms with E-state index < -0.39 is 0 Å². The normalized spacial score (nSPS) is 15.3. The first kappa shape index (κ1) is 19.1. The van der Waals surface area contributed by atoms with Gasteiger partial charge in [0.05, 0.1) is 13.7 Å². The second kappa shape index (κ2) is 8.71. The quantitative estimate of drug-likeness (QED) is 0.395. The minimum Gasteiger partial charge on any atom is -0.496 e. The van der Waals surface area contributed by atoms with Gasteiger partial charge in [0, 0.05) is 29.4 Å². The monoisotopic (exact) mass is 457 g/mol. The Kier molecular flexibility index (Phi) is 6.91. The van der Waals surface area contributed by atoms with Crippen molar-refractivity contribution in [2.75, 3.05) is 20.7 Å². The van der Waals surface area contributed by atoms with E-state index in [4.69, 9.17) is 4.74 Å². The highest BCUT2D eigenvalue weighted by molar-refractivity contribution is 14.0. The van der Waals surface area contributed by atoms with E-state index in [2.05, 4.69) is 45.3 Å². The molecular weight excluding hydrogens is 433 g/mol. The molecule has 0 aliphatic heterocycles. The van der Waals surface area contributed by atoms with Crippen molar-refractivity contribution >= 4 is 41.3 Å². The third-order valence-corrected chi connectivity index (χ3v) is 5.24. The van der Waals surface area contributed by atoms with E-state index >= 15 is 0 Å². The summed E-state index contributed by atoms with van der Waals surface area (Å²) in [6, 6.07) is 12.5. The standard InChI is InChI=1S/C18H23N3OS.HI/c1-19-17(20-12-14-6-5-11-23-14)21-13-18(9-10-18)15-7-3-4-8-16(15)22-2;/h3-8,11H,9-10,12-13H2,1-2H3,(H2,19,20,21);1H. The molecule has 3 rings (SSSR count). The van der Waals surface area contributed by atoms with Gasteiger partial charge in [-0.1, -0.05) is 24.3 Å². The summed E-state index contributed by atoms with van der Waals surface area (Å²) in [6.07, 6.45) is 2.37. The number of rotatable bonds is 6. The van der Waals surface area contributed by atoms with Gasteiger partial charge in [-0.15, -0.1) is 35.3 Å². The zero-order chi connectivity index (χ0) is 16.1. The number of ether oxygens (including phenoxy) is 1. The molecule has 0 unspecified atom stereocenters. The van der Waals surface area contributed by atoms with Crippen LogP contribution in [0.2, 0.25) is 0 Å². The number of nitrogens with one attached hydrogen (secondary N) is 2. The van der Waals surface area contributed by atoms with Crippen molar-refractivity contribution in [2.24, 2.45) is 4.99 Å². The first-order chi connectivity index (χ1) is 11.3. The number of hydrogen-bond acceptors (Lipinski definition) is 3. The van der Waals surface area contributed by atoms with Crippen molar-refractivity contribution in [3.63, 3.8) is 0 Å². The molecule has 130 valence electrons. The molecule has 0 amide bonds. The van der Waals surface area contributed by atoms with Crippen LogP contribution in [-0.2, 0) is 12.0 Å². The highest BCUT2D eigenvalue weighted by Crippen LogP contribution is 2.50. The third kappa shape index (κ3) is 4.42. The second-order valence-corrected chi connectivity index (χ2v) is 6.87. The molecule has 1 saturated carbocycles. The molecule has 0 bridgehead atoms. The van der Waals surface area contributed by atoms with Crippen molar-refractivity contribution in [2.45, 2.75) is 24.8 Å². The first-order valence-electron chi connectivity index (χ1n) is 7.88. The van der Waals surface area contributed by atoms with E-state index in [1.54, 1.807) is 18.4 Å². The molecule has 6 heteroatoms. The summed E-state index contributed by atoms with van der Waals surface area (Å²) in [6.45, 7) is 1.68. The van der Waals surface area contributed by atoms with Crippen LogP contribution in [0.1, 0.15) is 23.3 Å². The Balaban J connectivity index is 0.00000208. The summed E-state index contributed by atoms with van der Waals surface area (Å²) in [5, 5.41) is 8.93. The lowest BCUT2D eigenvalue weighted by atomic mass is 9.95. The number of nitrogens with zero attached hydrogens (tertiary/aromatic N) is 1. The fraction of sp³-hybridized carbons (Fsp3) is 0.389. The van der Waals surface area contributed by atoms with Crippen LogP contribution in [0, 0.1) is 0 Å². The number of thiophene rings is 1. The van der Waals surface area contributed by atoms with E-state index in [-0.39, 0.29) is 29.4 Å². The fourth-order valence-electron chi connectivity index (χ4n) is 2.83. The van der Waals surface area contributed by atoms with Gasteiger partial charge in [-0.2, -0.15) is 0 Å². The van der Waals surface area contributed by atoms with Gasteiger partial charge in [0.2, 0.25) is 0 Å². The van der Waals surface area contributed by atoms with Gasteiger partial charge in [0.15, 0.2) is 5.96 Å². The number of methoxy groups -OCH3 is 1. The second-order valence-electron chi connectivity index (χ2n) is 5.84. The lowest BCUT2D eigenvalue weighted by molar-refractivity contribution is 0.403. The van der Waals surface area contributed by atoms with E-state index in [9.17, 15) is 0 Å². The Morgan fingerprint density at radius 2 is 2.00 bits per heavy atom. The number of halogens is 1. The number of benzene rings is 1. The van der Waals surface area contributed by atoms with Gasteiger partial charge in [0.1, 0.15) is 5.75 Å². The lowest BCUT2D eigenvalue weighted by Crippen LogP contribution is -2.40. The molecule has 1 aliphatic carbocycles. The van der Waals surface area contributed by atoms with Crippen molar-refractivity contribution < 1.29 is 4.74 Å². The number of guanidine groups is 1. The lowest BCUT2D eigenvalue weighted by Gasteiger charge is -2.21. The molecule has 2 N–H and O–H groups in total. The van der Waals surface area contributed by atoms with Crippen molar-refractivity contribution in [3.05, 3.63) is 52.2 Å². The van der Waals surface area contributed by atoms with E-state index in [0.717, 1.165) is 24.8 Å². The summed E-state index contributed by atoms with van der Waals surface area (Å²) < 4.78 is 5.53. The zero-order valence-corrected chi connectivity index (χ0v) is 17.2. The molecule has 1 aromatic heterocycles. The van der Waals surface area contributed by atoms with Crippen molar-refractivity contribution in [3.8, 4) is 5.75 Å². The van der Waals surface area contributed by atoms with Crippen LogP contribution in [0.4, 0.5) is 0 Å². The van der Waals surface area contributed by atoms with Crippen LogP contribution in [0.15, 0.2) is 46.8 Å². The van der Waals surface area contributed by atoms with E-state index in [1.807, 2.05) is 19.2 Å². The van der Waals surface area contributed by atoms with Crippen LogP contribution in [0.25, 0.3) is 0 Å². The molecule has 0 spiro atoms. The summed E-state index contributed by atoms with van der Waals surface area (Å²) >= 11 is 1.75. The summed E-state index contributed by atoms with van der Waals surface area (Å²) in [4.78, 5) is 5.63. The van der Waals surface area contributed by atoms with Gasteiger partial charge in [-0.3, -0.25) is 4.99 Å². The Hall–Kier alpha value is -1.28. The Morgan fingerprint density at radius 3 is 2.62 bits per heavy atom. The molecule has 1 heterocycles. The minimum atomic E-state index is 0. The smallest absolute Gasteiger partial charge is 0.191 e. The number of para-hydroxylation sites is 1. The minimum absolute atomic E-state index is 0. The maximum atomic E-state index is 5.53. The molecule has 24 heavy (non-hydrogen) atoms. The highest BCUT2D eigenvalue weighted by atomic mass is 127. The molecule has 0 radical (unpaired) electrons. The molecule has 1 aromatic carbocycles. The SMILES string of the molecule is CN=C(NCc1cccs1)NCC1(c2ccccc2OC)CC1.I. The molecule has 0 atom stereocenters. The van der Waals surface area contributed by atoms with Crippen LogP contribution >= 0.6 is 35.3 Å².